The summed E-state index contributed by atoms with van der Waals surface area (Å²) < 4.78 is 6.07. The fraction of sp³-hybridized carbons (Fsp3) is 0.581. The van der Waals surface area contributed by atoms with Crippen molar-refractivity contribution in [1.82, 2.24) is 25.5 Å². The van der Waals surface area contributed by atoms with Crippen LogP contribution in [0.2, 0.25) is 5.02 Å². The van der Waals surface area contributed by atoms with Crippen molar-refractivity contribution >= 4 is 57.4 Å². The molecule has 2 aliphatic rings. The number of carbonyl (C=O) groups excluding carboxylic acids is 5. The van der Waals surface area contributed by atoms with Crippen LogP contribution in [0.4, 0.5) is 5.13 Å². The molecule has 0 bridgehead atoms. The predicted molar refractivity (Wildman–Crippen MR) is 171 cm³/mol. The van der Waals surface area contributed by atoms with Crippen molar-refractivity contribution in [1.29, 1.82) is 0 Å². The molecule has 0 aromatic carbocycles. The van der Waals surface area contributed by atoms with Crippen LogP contribution in [-0.4, -0.2) is 81.0 Å². The Morgan fingerprint density at radius 2 is 1.89 bits per heavy atom. The van der Waals surface area contributed by atoms with Crippen LogP contribution in [0, 0.1) is 12.3 Å². The molecular weight excluding hydrogens is 620 g/mol. The number of amides is 3. The SMILES string of the molecule is CCC[C@@H](NC(=O)[C@H]1CC(Oc2ccc(Cl)cn2)CN1C(=O)[C@H](Nc1nc(C)c(C(C)=O)s1)C(C)(C)C)C(=O)C(=O)NC1CC1. The average Bonchev–Trinajstić information content (AvgIpc) is 3.55. The van der Waals surface area contributed by atoms with Crippen LogP contribution in [-0.2, 0) is 19.2 Å². The van der Waals surface area contributed by atoms with Gasteiger partial charge >= 0.3 is 0 Å². The minimum Gasteiger partial charge on any atom is -0.472 e. The molecule has 12 nitrogen and oxygen atoms in total. The van der Waals surface area contributed by atoms with Gasteiger partial charge in [0.1, 0.15) is 18.2 Å². The molecule has 3 amide bonds. The molecule has 14 heteroatoms. The lowest BCUT2D eigenvalue weighted by Crippen LogP contribution is -2.56. The van der Waals surface area contributed by atoms with Crippen LogP contribution in [0.15, 0.2) is 18.3 Å². The van der Waals surface area contributed by atoms with Gasteiger partial charge in [-0.2, -0.15) is 0 Å². The van der Waals surface area contributed by atoms with Gasteiger partial charge in [0, 0.05) is 31.6 Å². The number of likely N-dealkylation sites (tertiary alicyclic amines) is 1. The van der Waals surface area contributed by atoms with Gasteiger partial charge in [-0.1, -0.05) is 57.1 Å². The van der Waals surface area contributed by atoms with E-state index in [1.54, 1.807) is 19.1 Å². The van der Waals surface area contributed by atoms with Crippen LogP contribution in [0.5, 0.6) is 5.88 Å². The highest BCUT2D eigenvalue weighted by Gasteiger charge is 2.46. The van der Waals surface area contributed by atoms with Crippen molar-refractivity contribution in [2.45, 2.75) is 104 Å². The largest absolute Gasteiger partial charge is 0.472 e. The maximum atomic E-state index is 14.3. The van der Waals surface area contributed by atoms with Crippen LogP contribution >= 0.6 is 22.9 Å². The van der Waals surface area contributed by atoms with Crippen LogP contribution in [0.3, 0.4) is 0 Å². The molecule has 1 aliphatic heterocycles. The smallest absolute Gasteiger partial charge is 0.289 e. The summed E-state index contributed by atoms with van der Waals surface area (Å²) in [6.45, 7) is 10.8. The second kappa shape index (κ2) is 14.2. The maximum Gasteiger partial charge on any atom is 0.289 e. The Labute approximate surface area is 272 Å². The molecule has 45 heavy (non-hydrogen) atoms. The van der Waals surface area contributed by atoms with Gasteiger partial charge < -0.3 is 25.6 Å². The number of ether oxygens (including phenoxy) is 1. The molecule has 1 unspecified atom stereocenters. The number of pyridine rings is 1. The van der Waals surface area contributed by atoms with E-state index in [2.05, 4.69) is 25.9 Å². The highest BCUT2D eigenvalue weighted by atomic mass is 35.5. The van der Waals surface area contributed by atoms with Gasteiger partial charge in [-0.05, 0) is 37.7 Å². The standard InChI is InChI=1S/C31H41ClN6O6S/c1-7-8-21(24(40)28(42)35-19-10-11-19)36-27(41)22-13-20(44-23-12-9-18(32)14-33-23)15-38(22)29(43)26(31(4,5)6)37-30-34-16(2)25(45-30)17(3)39/h9,12,14,19-22,26H,7-8,10-11,13,15H2,1-6H3,(H,34,37)(H,35,42)(H,36,41)/t20?,21-,22-,26+/m1/s1. The minimum atomic E-state index is -1.03. The van der Waals surface area contributed by atoms with Crippen LogP contribution in [0.1, 0.15) is 82.1 Å². The lowest BCUT2D eigenvalue weighted by Gasteiger charge is -2.35. The average molecular weight is 661 g/mol. The first-order valence-electron chi connectivity index (χ1n) is 15.2. The first-order valence-corrected chi connectivity index (χ1v) is 16.4. The maximum absolute atomic E-state index is 14.3. The highest BCUT2D eigenvalue weighted by Crippen LogP contribution is 2.32. The van der Waals surface area contributed by atoms with Crippen molar-refractivity contribution < 1.29 is 28.7 Å². The highest BCUT2D eigenvalue weighted by molar-refractivity contribution is 7.17. The first-order chi connectivity index (χ1) is 21.2. The second-order valence-electron chi connectivity index (χ2n) is 12.7. The Morgan fingerprint density at radius 1 is 1.18 bits per heavy atom. The molecule has 0 spiro atoms. The summed E-state index contributed by atoms with van der Waals surface area (Å²) in [5.74, 6) is -2.19. The number of halogens is 1. The summed E-state index contributed by atoms with van der Waals surface area (Å²) in [4.78, 5) is 76.4. The number of rotatable bonds is 13. The van der Waals surface area contributed by atoms with Gasteiger partial charge in [0.15, 0.2) is 10.9 Å². The summed E-state index contributed by atoms with van der Waals surface area (Å²) in [6.07, 6.45) is 3.46. The zero-order chi connectivity index (χ0) is 33.1. The summed E-state index contributed by atoms with van der Waals surface area (Å²) in [5, 5.41) is 9.52. The van der Waals surface area contributed by atoms with Gasteiger partial charge in [-0.15, -0.1) is 0 Å². The minimum absolute atomic E-state index is 0.00302. The van der Waals surface area contributed by atoms with E-state index in [9.17, 15) is 24.0 Å². The number of hydrogen-bond donors (Lipinski definition) is 3. The molecule has 3 N–H and O–H groups in total. The van der Waals surface area contributed by atoms with Gasteiger partial charge in [0.25, 0.3) is 5.91 Å². The lowest BCUT2D eigenvalue weighted by molar-refractivity contribution is -0.143. The summed E-state index contributed by atoms with van der Waals surface area (Å²) >= 11 is 7.14. The summed E-state index contributed by atoms with van der Waals surface area (Å²) in [6, 6.07) is 0.374. The van der Waals surface area contributed by atoms with E-state index in [0.717, 1.165) is 12.8 Å². The van der Waals surface area contributed by atoms with E-state index in [4.69, 9.17) is 16.3 Å². The molecule has 1 saturated heterocycles. The molecule has 2 aromatic rings. The van der Waals surface area contributed by atoms with Crippen molar-refractivity contribution in [2.75, 3.05) is 11.9 Å². The molecule has 244 valence electrons. The van der Waals surface area contributed by atoms with Gasteiger partial charge in [-0.3, -0.25) is 24.0 Å². The summed E-state index contributed by atoms with van der Waals surface area (Å²) in [7, 11) is 0. The molecule has 4 rings (SSSR count). The number of hydrogen-bond acceptors (Lipinski definition) is 10. The lowest BCUT2D eigenvalue weighted by atomic mass is 9.85. The Bertz CT molecular complexity index is 1440. The third-order valence-electron chi connectivity index (χ3n) is 7.68. The number of ketones is 2. The third kappa shape index (κ3) is 8.78. The van der Waals surface area contributed by atoms with E-state index in [0.29, 0.717) is 27.1 Å². The zero-order valence-electron chi connectivity index (χ0n) is 26.4. The van der Waals surface area contributed by atoms with Crippen molar-refractivity contribution in [3.63, 3.8) is 0 Å². The normalized spacial score (nSPS) is 19.4. The monoisotopic (exact) mass is 660 g/mol. The number of anilines is 1. The number of carbonyl (C=O) groups is 5. The van der Waals surface area contributed by atoms with E-state index >= 15 is 0 Å². The number of thiazole rings is 1. The Kier molecular flexibility index (Phi) is 10.9. The first kappa shape index (κ1) is 34.3. The molecule has 1 aliphatic carbocycles. The molecule has 0 radical (unpaired) electrons. The Morgan fingerprint density at radius 3 is 2.44 bits per heavy atom. The predicted octanol–water partition coefficient (Wildman–Crippen LogP) is 3.71. The Hall–Kier alpha value is -3.58. The van der Waals surface area contributed by atoms with Gasteiger partial charge in [0.05, 0.1) is 28.2 Å². The van der Waals surface area contributed by atoms with E-state index < -0.39 is 47.2 Å². The zero-order valence-corrected chi connectivity index (χ0v) is 28.0. The van der Waals surface area contributed by atoms with Crippen molar-refractivity contribution in [3.05, 3.63) is 33.9 Å². The van der Waals surface area contributed by atoms with Gasteiger partial charge in [0.2, 0.25) is 23.5 Å². The van der Waals surface area contributed by atoms with Crippen LogP contribution in [0.25, 0.3) is 0 Å². The third-order valence-corrected chi connectivity index (χ3v) is 9.09. The van der Waals surface area contributed by atoms with Crippen molar-refractivity contribution in [3.8, 4) is 5.88 Å². The van der Waals surface area contributed by atoms with E-state index in [1.165, 1.54) is 29.4 Å². The number of nitrogens with one attached hydrogen (secondary N) is 3. The van der Waals surface area contributed by atoms with E-state index in [-0.39, 0.29) is 43.0 Å². The topological polar surface area (TPSA) is 160 Å². The molecule has 2 fully saturated rings. The molecule has 1 saturated carbocycles. The number of Topliss-reactive ketones (excluding diaryl/α,β-unsaturated/α-hetero) is 2. The molecule has 3 heterocycles. The number of nitrogens with zero attached hydrogens (tertiary/aromatic N) is 3. The summed E-state index contributed by atoms with van der Waals surface area (Å²) in [5.41, 5.74) is -0.0679. The fourth-order valence-corrected chi connectivity index (χ4v) is 6.17. The fourth-order valence-electron chi connectivity index (χ4n) is 5.17. The van der Waals surface area contributed by atoms with Gasteiger partial charge in [-0.25, -0.2) is 9.97 Å². The van der Waals surface area contributed by atoms with E-state index in [1.807, 2.05) is 27.7 Å². The molecular formula is C31H41ClN6O6S. The van der Waals surface area contributed by atoms with Crippen molar-refractivity contribution in [2.24, 2.45) is 5.41 Å². The Balaban J connectivity index is 1.60. The number of aryl methyl sites for hydroxylation is 1. The van der Waals surface area contributed by atoms with Crippen LogP contribution < -0.4 is 20.7 Å². The quantitative estimate of drug-likeness (QED) is 0.215. The number of aromatic nitrogens is 2. The second-order valence-corrected chi connectivity index (χ2v) is 14.1. The molecule has 2 aromatic heterocycles. The molecule has 4 atom stereocenters.